The second-order valence-electron chi connectivity index (χ2n) is 5.69. The van der Waals surface area contributed by atoms with Crippen LogP contribution in [0.15, 0.2) is 48.5 Å². The number of rotatable bonds is 4. The largest absolute Gasteiger partial charge is 0.423 e. The van der Waals surface area contributed by atoms with Gasteiger partial charge in [-0.3, -0.25) is 10.1 Å². The number of hydrogen-bond acceptors (Lipinski definition) is 5. The lowest BCUT2D eigenvalue weighted by Crippen LogP contribution is -2.26. The minimum Gasteiger partial charge on any atom is -0.423 e. The number of thiocarbonyl (C=S) groups is 1. The van der Waals surface area contributed by atoms with Crippen LogP contribution >= 0.6 is 12.2 Å². The normalized spacial score (nSPS) is 13.5. The molecule has 1 saturated heterocycles. The molecule has 3 rings (SSSR count). The van der Waals surface area contributed by atoms with Crippen molar-refractivity contribution in [3.8, 4) is 5.75 Å². The SMILES string of the molecule is O=C(Oc1ccc(C(=S)N2CCCC2)cc1)c1ccccc1[N+](=O)[O-]. The molecule has 1 fully saturated rings. The highest BCUT2D eigenvalue weighted by Crippen LogP contribution is 2.22. The molecule has 25 heavy (non-hydrogen) atoms. The van der Waals surface area contributed by atoms with Crippen molar-refractivity contribution in [1.82, 2.24) is 4.90 Å². The van der Waals surface area contributed by atoms with Crippen LogP contribution in [0, 0.1) is 10.1 Å². The van der Waals surface area contributed by atoms with Crippen LogP contribution in [0.3, 0.4) is 0 Å². The third kappa shape index (κ3) is 3.83. The van der Waals surface area contributed by atoms with Crippen molar-refractivity contribution in [2.75, 3.05) is 13.1 Å². The highest BCUT2D eigenvalue weighted by atomic mass is 32.1. The Morgan fingerprint density at radius 3 is 2.36 bits per heavy atom. The predicted molar refractivity (Wildman–Crippen MR) is 97.0 cm³/mol. The number of likely N-dealkylation sites (tertiary alicyclic amines) is 1. The highest BCUT2D eigenvalue weighted by molar-refractivity contribution is 7.80. The fourth-order valence-corrected chi connectivity index (χ4v) is 3.05. The van der Waals surface area contributed by atoms with Crippen molar-refractivity contribution < 1.29 is 14.5 Å². The van der Waals surface area contributed by atoms with Crippen LogP contribution < -0.4 is 4.74 Å². The number of carbonyl (C=O) groups excluding carboxylic acids is 1. The van der Waals surface area contributed by atoms with Gasteiger partial charge in [0.2, 0.25) is 0 Å². The minimum atomic E-state index is -0.762. The summed E-state index contributed by atoms with van der Waals surface area (Å²) in [5.74, 6) is -0.446. The summed E-state index contributed by atoms with van der Waals surface area (Å²) in [7, 11) is 0. The van der Waals surface area contributed by atoms with Gasteiger partial charge in [-0.05, 0) is 43.2 Å². The van der Waals surface area contributed by atoms with Gasteiger partial charge in [0.15, 0.2) is 0 Å². The number of ether oxygens (including phenoxy) is 1. The van der Waals surface area contributed by atoms with E-state index in [1.165, 1.54) is 18.2 Å². The summed E-state index contributed by atoms with van der Waals surface area (Å²) in [5.41, 5.74) is 0.533. The van der Waals surface area contributed by atoms with E-state index in [0.29, 0.717) is 5.75 Å². The van der Waals surface area contributed by atoms with E-state index >= 15 is 0 Å². The second-order valence-corrected chi connectivity index (χ2v) is 6.07. The molecule has 0 unspecified atom stereocenters. The number of carbonyl (C=O) groups is 1. The second kappa shape index (κ2) is 7.40. The van der Waals surface area contributed by atoms with Gasteiger partial charge in [-0.1, -0.05) is 24.4 Å². The fraction of sp³-hybridized carbons (Fsp3) is 0.222. The molecule has 128 valence electrons. The Hall–Kier alpha value is -2.80. The van der Waals surface area contributed by atoms with E-state index in [1.54, 1.807) is 30.3 Å². The van der Waals surface area contributed by atoms with Crippen LogP contribution in [0.4, 0.5) is 5.69 Å². The Labute approximate surface area is 150 Å². The molecule has 0 spiro atoms. The maximum atomic E-state index is 12.2. The Kier molecular flexibility index (Phi) is 5.04. The van der Waals surface area contributed by atoms with Gasteiger partial charge in [-0.15, -0.1) is 0 Å². The minimum absolute atomic E-state index is 0.0795. The Morgan fingerprint density at radius 1 is 1.08 bits per heavy atom. The molecule has 1 aliphatic heterocycles. The first-order valence-corrected chi connectivity index (χ1v) is 8.32. The van der Waals surface area contributed by atoms with Crippen molar-refractivity contribution >= 4 is 28.9 Å². The molecular weight excluding hydrogens is 340 g/mol. The van der Waals surface area contributed by atoms with Gasteiger partial charge < -0.3 is 9.64 Å². The zero-order valence-corrected chi connectivity index (χ0v) is 14.2. The zero-order chi connectivity index (χ0) is 17.8. The number of esters is 1. The Bertz CT molecular complexity index is 814. The molecule has 0 atom stereocenters. The van der Waals surface area contributed by atoms with E-state index < -0.39 is 10.9 Å². The maximum absolute atomic E-state index is 12.2. The lowest BCUT2D eigenvalue weighted by atomic mass is 10.2. The summed E-state index contributed by atoms with van der Waals surface area (Å²) in [6.07, 6.45) is 2.29. The number of nitro groups is 1. The van der Waals surface area contributed by atoms with Crippen LogP contribution in [0.2, 0.25) is 0 Å². The van der Waals surface area contributed by atoms with Crippen LogP contribution in [0.5, 0.6) is 5.75 Å². The van der Waals surface area contributed by atoms with Gasteiger partial charge in [-0.25, -0.2) is 4.79 Å². The van der Waals surface area contributed by atoms with Gasteiger partial charge in [0.25, 0.3) is 5.69 Å². The number of para-hydroxylation sites is 1. The lowest BCUT2D eigenvalue weighted by molar-refractivity contribution is -0.385. The molecule has 2 aromatic carbocycles. The van der Waals surface area contributed by atoms with Crippen molar-refractivity contribution in [3.63, 3.8) is 0 Å². The number of nitro benzene ring substituents is 1. The molecule has 0 radical (unpaired) electrons. The topological polar surface area (TPSA) is 72.7 Å². The average molecular weight is 356 g/mol. The van der Waals surface area contributed by atoms with Crippen molar-refractivity contribution in [2.45, 2.75) is 12.8 Å². The number of benzene rings is 2. The third-order valence-corrected chi connectivity index (χ3v) is 4.52. The molecule has 0 N–H and O–H groups in total. The first-order chi connectivity index (χ1) is 12.1. The van der Waals surface area contributed by atoms with Crippen LogP contribution in [-0.4, -0.2) is 33.9 Å². The molecular formula is C18H16N2O4S. The molecule has 0 aromatic heterocycles. The number of nitrogens with zero attached hydrogens (tertiary/aromatic N) is 2. The van der Waals surface area contributed by atoms with Gasteiger partial charge in [-0.2, -0.15) is 0 Å². The summed E-state index contributed by atoms with van der Waals surface area (Å²) in [5, 5.41) is 11.0. The van der Waals surface area contributed by atoms with Gasteiger partial charge in [0.1, 0.15) is 16.3 Å². The van der Waals surface area contributed by atoms with Gasteiger partial charge in [0, 0.05) is 24.7 Å². The molecule has 6 nitrogen and oxygen atoms in total. The molecule has 0 amide bonds. The smallest absolute Gasteiger partial charge is 0.350 e. The third-order valence-electron chi connectivity index (χ3n) is 4.03. The standard InChI is InChI=1S/C18H16N2O4S/c21-18(15-5-1-2-6-16(15)20(22)23)24-14-9-7-13(8-10-14)17(25)19-11-3-4-12-19/h1-2,5-10H,3-4,11-12H2. The van der Waals surface area contributed by atoms with E-state index in [4.69, 9.17) is 17.0 Å². The summed E-state index contributed by atoms with van der Waals surface area (Å²) >= 11 is 5.48. The van der Waals surface area contributed by atoms with E-state index in [9.17, 15) is 14.9 Å². The van der Waals surface area contributed by atoms with Gasteiger partial charge >= 0.3 is 5.97 Å². The van der Waals surface area contributed by atoms with Gasteiger partial charge in [0.05, 0.1) is 4.92 Å². The number of hydrogen-bond donors (Lipinski definition) is 0. The highest BCUT2D eigenvalue weighted by Gasteiger charge is 2.21. The first-order valence-electron chi connectivity index (χ1n) is 7.91. The fourth-order valence-electron chi connectivity index (χ4n) is 2.74. The van der Waals surface area contributed by atoms with E-state index in [-0.39, 0.29) is 11.3 Å². The summed E-state index contributed by atoms with van der Waals surface area (Å²) in [6.45, 7) is 1.93. The monoisotopic (exact) mass is 356 g/mol. The van der Waals surface area contributed by atoms with Crippen LogP contribution in [0.1, 0.15) is 28.8 Å². The van der Waals surface area contributed by atoms with Crippen molar-refractivity contribution in [3.05, 3.63) is 69.8 Å². The molecule has 0 aliphatic carbocycles. The molecule has 2 aromatic rings. The molecule has 1 aliphatic rings. The lowest BCUT2D eigenvalue weighted by Gasteiger charge is -2.18. The van der Waals surface area contributed by atoms with E-state index in [2.05, 4.69) is 4.90 Å². The van der Waals surface area contributed by atoms with Crippen molar-refractivity contribution in [2.24, 2.45) is 0 Å². The maximum Gasteiger partial charge on any atom is 0.350 e. The summed E-state index contributed by atoms with van der Waals surface area (Å²) in [4.78, 5) is 25.5. The summed E-state index contributed by atoms with van der Waals surface area (Å²) in [6, 6.07) is 12.6. The predicted octanol–water partition coefficient (Wildman–Crippen LogP) is 3.59. The van der Waals surface area contributed by atoms with Crippen LogP contribution in [0.25, 0.3) is 0 Å². The molecule has 1 heterocycles. The van der Waals surface area contributed by atoms with Crippen molar-refractivity contribution in [1.29, 1.82) is 0 Å². The molecule has 0 saturated carbocycles. The quantitative estimate of drug-likeness (QED) is 0.274. The van der Waals surface area contributed by atoms with E-state index in [1.807, 2.05) is 0 Å². The van der Waals surface area contributed by atoms with E-state index in [0.717, 1.165) is 36.5 Å². The Morgan fingerprint density at radius 2 is 1.72 bits per heavy atom. The Balaban J connectivity index is 1.72. The summed E-state index contributed by atoms with van der Waals surface area (Å²) < 4.78 is 5.25. The first kappa shape index (κ1) is 17.0. The zero-order valence-electron chi connectivity index (χ0n) is 13.4. The average Bonchev–Trinajstić information content (AvgIpc) is 3.16. The molecule has 0 bridgehead atoms. The molecule has 7 heteroatoms. The van der Waals surface area contributed by atoms with Crippen LogP contribution in [-0.2, 0) is 0 Å².